The van der Waals surface area contributed by atoms with Crippen LogP contribution in [0.1, 0.15) is 53.9 Å². The fourth-order valence-corrected chi connectivity index (χ4v) is 3.67. The largest absolute Gasteiger partial charge is 0.375 e. The van der Waals surface area contributed by atoms with Gasteiger partial charge in [-0.1, -0.05) is 13.8 Å². The zero-order chi connectivity index (χ0) is 14.0. The summed E-state index contributed by atoms with van der Waals surface area (Å²) >= 11 is 0. The Bertz CT molecular complexity index is 290. The smallest absolute Gasteiger partial charge is 0.0641 e. The molecular weight excluding hydrogens is 236 g/mol. The van der Waals surface area contributed by atoms with Crippen LogP contribution >= 0.6 is 0 Å². The Balaban J connectivity index is 1.96. The van der Waals surface area contributed by atoms with Gasteiger partial charge in [0.25, 0.3) is 0 Å². The van der Waals surface area contributed by atoms with Crippen LogP contribution < -0.4 is 5.32 Å². The van der Waals surface area contributed by atoms with Gasteiger partial charge in [0.2, 0.25) is 0 Å². The maximum absolute atomic E-state index is 5.87. The van der Waals surface area contributed by atoms with E-state index in [1.165, 1.54) is 25.8 Å². The van der Waals surface area contributed by atoms with Crippen LogP contribution in [-0.4, -0.2) is 48.3 Å². The minimum atomic E-state index is 0.0566. The molecule has 0 amide bonds. The second-order valence-corrected chi connectivity index (χ2v) is 7.54. The quantitative estimate of drug-likeness (QED) is 0.851. The molecule has 0 radical (unpaired) electrons. The number of rotatable bonds is 3. The SMILES string of the molecule is CC(C)CC1CN(C2CCOC(C)(C)C2)C(C)CN1. The van der Waals surface area contributed by atoms with E-state index in [4.69, 9.17) is 4.74 Å². The average molecular weight is 268 g/mol. The normalized spacial score (nSPS) is 36.6. The van der Waals surface area contributed by atoms with Crippen molar-refractivity contribution in [2.75, 3.05) is 19.7 Å². The van der Waals surface area contributed by atoms with E-state index in [-0.39, 0.29) is 5.60 Å². The molecule has 2 fully saturated rings. The fourth-order valence-electron chi connectivity index (χ4n) is 3.67. The van der Waals surface area contributed by atoms with Crippen molar-refractivity contribution in [3.05, 3.63) is 0 Å². The molecule has 0 bridgehead atoms. The van der Waals surface area contributed by atoms with E-state index in [1.807, 2.05) is 0 Å². The first-order valence-electron chi connectivity index (χ1n) is 8.00. The molecule has 0 aromatic carbocycles. The van der Waals surface area contributed by atoms with Crippen LogP contribution in [0.15, 0.2) is 0 Å². The standard InChI is InChI=1S/C16H32N2O/c1-12(2)8-14-11-18(13(3)10-17-14)15-6-7-19-16(4,5)9-15/h12-15,17H,6-11H2,1-5H3. The molecule has 2 saturated heterocycles. The number of nitrogens with zero attached hydrogens (tertiary/aromatic N) is 1. The Hall–Kier alpha value is -0.120. The maximum Gasteiger partial charge on any atom is 0.0641 e. The Kier molecular flexibility index (Phi) is 4.91. The second kappa shape index (κ2) is 6.11. The number of piperazine rings is 1. The lowest BCUT2D eigenvalue weighted by atomic mass is 9.90. The lowest BCUT2D eigenvalue weighted by Gasteiger charge is -2.48. The molecule has 19 heavy (non-hydrogen) atoms. The average Bonchev–Trinajstić information content (AvgIpc) is 2.29. The Morgan fingerprint density at radius 1 is 1.37 bits per heavy atom. The highest BCUT2D eigenvalue weighted by atomic mass is 16.5. The van der Waals surface area contributed by atoms with Gasteiger partial charge in [0.1, 0.15) is 0 Å². The lowest BCUT2D eigenvalue weighted by Crippen LogP contribution is -2.60. The molecule has 2 rings (SSSR count). The third-order valence-corrected chi connectivity index (χ3v) is 4.60. The minimum absolute atomic E-state index is 0.0566. The van der Waals surface area contributed by atoms with E-state index < -0.39 is 0 Å². The maximum atomic E-state index is 5.87. The van der Waals surface area contributed by atoms with Crippen molar-refractivity contribution in [2.45, 2.75) is 77.6 Å². The number of hydrogen-bond donors (Lipinski definition) is 1. The summed E-state index contributed by atoms with van der Waals surface area (Å²) in [5, 5.41) is 3.72. The molecule has 3 atom stereocenters. The summed E-state index contributed by atoms with van der Waals surface area (Å²) in [6.45, 7) is 14.7. The summed E-state index contributed by atoms with van der Waals surface area (Å²) < 4.78 is 5.87. The topological polar surface area (TPSA) is 24.5 Å². The third kappa shape index (κ3) is 4.17. The molecule has 112 valence electrons. The van der Waals surface area contributed by atoms with Gasteiger partial charge in [-0.05, 0) is 46.0 Å². The van der Waals surface area contributed by atoms with Crippen molar-refractivity contribution < 1.29 is 4.74 Å². The molecule has 1 N–H and O–H groups in total. The molecular formula is C16H32N2O. The minimum Gasteiger partial charge on any atom is -0.375 e. The van der Waals surface area contributed by atoms with Gasteiger partial charge in [-0.2, -0.15) is 0 Å². The van der Waals surface area contributed by atoms with Crippen LogP contribution in [0.2, 0.25) is 0 Å². The highest BCUT2D eigenvalue weighted by molar-refractivity contribution is 4.92. The molecule has 3 unspecified atom stereocenters. The van der Waals surface area contributed by atoms with Gasteiger partial charge in [-0.25, -0.2) is 0 Å². The summed E-state index contributed by atoms with van der Waals surface area (Å²) in [5.41, 5.74) is 0.0566. The summed E-state index contributed by atoms with van der Waals surface area (Å²) in [6.07, 6.45) is 3.66. The van der Waals surface area contributed by atoms with E-state index >= 15 is 0 Å². The summed E-state index contributed by atoms with van der Waals surface area (Å²) in [4.78, 5) is 2.74. The van der Waals surface area contributed by atoms with Crippen molar-refractivity contribution >= 4 is 0 Å². The Morgan fingerprint density at radius 3 is 2.74 bits per heavy atom. The summed E-state index contributed by atoms with van der Waals surface area (Å²) in [7, 11) is 0. The van der Waals surface area contributed by atoms with Crippen LogP contribution in [0, 0.1) is 5.92 Å². The molecule has 3 nitrogen and oxygen atoms in total. The second-order valence-electron chi connectivity index (χ2n) is 7.54. The van der Waals surface area contributed by atoms with Gasteiger partial charge in [-0.15, -0.1) is 0 Å². The first kappa shape index (κ1) is 15.3. The first-order valence-corrected chi connectivity index (χ1v) is 8.00. The fraction of sp³-hybridized carbons (Fsp3) is 1.00. The molecule has 0 aromatic heterocycles. The van der Waals surface area contributed by atoms with Crippen molar-refractivity contribution in [1.29, 1.82) is 0 Å². The highest BCUT2D eigenvalue weighted by Crippen LogP contribution is 2.29. The predicted molar refractivity (Wildman–Crippen MR) is 80.5 cm³/mol. The van der Waals surface area contributed by atoms with Gasteiger partial charge >= 0.3 is 0 Å². The monoisotopic (exact) mass is 268 g/mol. The molecule has 2 heterocycles. The van der Waals surface area contributed by atoms with E-state index in [0.29, 0.717) is 18.1 Å². The van der Waals surface area contributed by atoms with Gasteiger partial charge in [0, 0.05) is 37.8 Å². The predicted octanol–water partition coefficient (Wildman–Crippen LogP) is 2.65. The lowest BCUT2D eigenvalue weighted by molar-refractivity contribution is -0.0930. The van der Waals surface area contributed by atoms with Crippen LogP contribution in [-0.2, 0) is 4.74 Å². The van der Waals surface area contributed by atoms with Gasteiger partial charge in [-0.3, -0.25) is 4.90 Å². The van der Waals surface area contributed by atoms with Gasteiger partial charge < -0.3 is 10.1 Å². The molecule has 0 spiro atoms. The Morgan fingerprint density at radius 2 is 2.11 bits per heavy atom. The summed E-state index contributed by atoms with van der Waals surface area (Å²) in [5.74, 6) is 0.777. The molecule has 3 heteroatoms. The highest BCUT2D eigenvalue weighted by Gasteiger charge is 2.36. The van der Waals surface area contributed by atoms with Crippen molar-refractivity contribution in [3.8, 4) is 0 Å². The first-order chi connectivity index (χ1) is 8.87. The molecule has 2 aliphatic rings. The van der Waals surface area contributed by atoms with Crippen molar-refractivity contribution in [3.63, 3.8) is 0 Å². The Labute approximate surface area is 119 Å². The number of nitrogens with one attached hydrogen (secondary N) is 1. The molecule has 2 aliphatic heterocycles. The van der Waals surface area contributed by atoms with Crippen LogP contribution in [0.25, 0.3) is 0 Å². The van der Waals surface area contributed by atoms with E-state index in [9.17, 15) is 0 Å². The molecule has 0 aromatic rings. The van der Waals surface area contributed by atoms with E-state index in [2.05, 4.69) is 44.8 Å². The number of hydrogen-bond acceptors (Lipinski definition) is 3. The zero-order valence-electron chi connectivity index (χ0n) is 13.4. The van der Waals surface area contributed by atoms with Crippen LogP contribution in [0.3, 0.4) is 0 Å². The van der Waals surface area contributed by atoms with Gasteiger partial charge in [0.15, 0.2) is 0 Å². The van der Waals surface area contributed by atoms with E-state index in [1.54, 1.807) is 0 Å². The van der Waals surface area contributed by atoms with Crippen LogP contribution in [0.4, 0.5) is 0 Å². The molecule has 0 saturated carbocycles. The van der Waals surface area contributed by atoms with E-state index in [0.717, 1.165) is 19.1 Å². The van der Waals surface area contributed by atoms with Crippen molar-refractivity contribution in [1.82, 2.24) is 10.2 Å². The van der Waals surface area contributed by atoms with Gasteiger partial charge in [0.05, 0.1) is 5.60 Å². The third-order valence-electron chi connectivity index (χ3n) is 4.60. The number of ether oxygens (including phenoxy) is 1. The summed E-state index contributed by atoms with van der Waals surface area (Å²) in [6, 6.07) is 2.03. The van der Waals surface area contributed by atoms with Crippen molar-refractivity contribution in [2.24, 2.45) is 5.92 Å². The molecule has 0 aliphatic carbocycles. The van der Waals surface area contributed by atoms with Crippen LogP contribution in [0.5, 0.6) is 0 Å². The zero-order valence-corrected chi connectivity index (χ0v) is 13.4.